The van der Waals surface area contributed by atoms with Crippen LogP contribution in [0.1, 0.15) is 17.4 Å². The average molecular weight is 439 g/mol. The number of thiophene rings is 1. The number of nitrogens with one attached hydrogen (secondary N) is 1. The fourth-order valence-corrected chi connectivity index (χ4v) is 4.33. The second kappa shape index (κ2) is 8.34. The van der Waals surface area contributed by atoms with Gasteiger partial charge in [-0.25, -0.2) is 4.90 Å². The van der Waals surface area contributed by atoms with E-state index in [0.29, 0.717) is 34.3 Å². The summed E-state index contributed by atoms with van der Waals surface area (Å²) in [7, 11) is 0. The third-order valence-electron chi connectivity index (χ3n) is 4.71. The molecule has 0 saturated heterocycles. The molecular formula is C23H19ClN2O3S. The molecule has 152 valence electrons. The summed E-state index contributed by atoms with van der Waals surface area (Å²) in [6.45, 7) is 4.17. The van der Waals surface area contributed by atoms with Gasteiger partial charge in [0.1, 0.15) is 11.4 Å². The van der Waals surface area contributed by atoms with Gasteiger partial charge in [-0.05, 0) is 61.2 Å². The van der Waals surface area contributed by atoms with Gasteiger partial charge in [-0.3, -0.25) is 9.59 Å². The first kappa shape index (κ1) is 20.2. The highest BCUT2D eigenvalue weighted by molar-refractivity contribution is 7.11. The van der Waals surface area contributed by atoms with Crippen molar-refractivity contribution in [3.8, 4) is 5.75 Å². The highest BCUT2D eigenvalue weighted by atomic mass is 35.5. The van der Waals surface area contributed by atoms with Crippen LogP contribution in [0.2, 0.25) is 5.02 Å². The molecule has 0 spiro atoms. The Balaban J connectivity index is 1.81. The summed E-state index contributed by atoms with van der Waals surface area (Å²) in [5, 5.41) is 5.66. The zero-order valence-corrected chi connectivity index (χ0v) is 18.0. The first-order valence-electron chi connectivity index (χ1n) is 9.43. The zero-order valence-electron chi connectivity index (χ0n) is 16.4. The van der Waals surface area contributed by atoms with E-state index >= 15 is 0 Å². The number of hydrogen-bond acceptors (Lipinski definition) is 5. The van der Waals surface area contributed by atoms with Crippen molar-refractivity contribution in [2.45, 2.75) is 13.8 Å². The number of hydrogen-bond donors (Lipinski definition) is 1. The van der Waals surface area contributed by atoms with Crippen molar-refractivity contribution in [2.75, 3.05) is 16.8 Å². The largest absolute Gasteiger partial charge is 0.492 e. The van der Waals surface area contributed by atoms with Crippen molar-refractivity contribution >= 4 is 51.7 Å². The number of carbonyl (C=O) groups is 2. The van der Waals surface area contributed by atoms with Gasteiger partial charge in [-0.2, -0.15) is 0 Å². The van der Waals surface area contributed by atoms with Crippen molar-refractivity contribution in [3.63, 3.8) is 0 Å². The molecule has 2 amide bonds. The van der Waals surface area contributed by atoms with E-state index in [0.717, 1.165) is 10.4 Å². The summed E-state index contributed by atoms with van der Waals surface area (Å²) in [5.74, 6) is -0.329. The van der Waals surface area contributed by atoms with Gasteiger partial charge < -0.3 is 10.1 Å². The number of rotatable bonds is 6. The molecule has 0 saturated carbocycles. The van der Waals surface area contributed by atoms with E-state index in [1.165, 1.54) is 16.2 Å². The van der Waals surface area contributed by atoms with Crippen molar-refractivity contribution < 1.29 is 14.3 Å². The quantitative estimate of drug-likeness (QED) is 0.516. The lowest BCUT2D eigenvalue weighted by Crippen LogP contribution is -2.32. The first-order valence-corrected chi connectivity index (χ1v) is 10.7. The molecule has 7 heteroatoms. The Hall–Kier alpha value is -3.09. The maximum absolute atomic E-state index is 13.5. The number of imide groups is 1. The van der Waals surface area contributed by atoms with E-state index in [2.05, 4.69) is 5.32 Å². The third-order valence-corrected chi connectivity index (χ3v) is 5.83. The molecule has 2 heterocycles. The fraction of sp³-hybridized carbons (Fsp3) is 0.130. The molecule has 5 nitrogen and oxygen atoms in total. The van der Waals surface area contributed by atoms with Gasteiger partial charge in [-0.15, -0.1) is 11.3 Å². The summed E-state index contributed by atoms with van der Waals surface area (Å²) >= 11 is 7.47. The summed E-state index contributed by atoms with van der Waals surface area (Å²) in [5.41, 5.74) is 2.58. The Morgan fingerprint density at radius 1 is 1.07 bits per heavy atom. The molecular weight excluding hydrogens is 420 g/mol. The molecule has 1 N–H and O–H groups in total. The Morgan fingerprint density at radius 3 is 2.57 bits per heavy atom. The predicted octanol–water partition coefficient (Wildman–Crippen LogP) is 5.51. The van der Waals surface area contributed by atoms with E-state index in [1.54, 1.807) is 36.4 Å². The molecule has 0 aliphatic carbocycles. The highest BCUT2D eigenvalue weighted by Gasteiger charge is 2.41. The highest BCUT2D eigenvalue weighted by Crippen LogP contribution is 2.39. The Morgan fingerprint density at radius 2 is 1.87 bits per heavy atom. The lowest BCUT2D eigenvalue weighted by molar-refractivity contribution is -0.120. The van der Waals surface area contributed by atoms with E-state index in [-0.39, 0.29) is 11.6 Å². The van der Waals surface area contributed by atoms with Crippen molar-refractivity contribution in [1.29, 1.82) is 0 Å². The number of benzene rings is 2. The van der Waals surface area contributed by atoms with Crippen molar-refractivity contribution in [3.05, 3.63) is 81.1 Å². The lowest BCUT2D eigenvalue weighted by Gasteiger charge is -2.19. The maximum Gasteiger partial charge on any atom is 0.282 e. The lowest BCUT2D eigenvalue weighted by atomic mass is 10.1. The van der Waals surface area contributed by atoms with Crippen LogP contribution in [0.4, 0.5) is 11.4 Å². The van der Waals surface area contributed by atoms with Gasteiger partial charge in [0.05, 0.1) is 17.9 Å². The topological polar surface area (TPSA) is 58.6 Å². The SMILES string of the molecule is CCOc1ccccc1N1C(=O)C(Nc2ccc(Cl)cc2C)=C(c2cccs2)C1=O. The van der Waals surface area contributed by atoms with Crippen molar-refractivity contribution in [2.24, 2.45) is 0 Å². The number of nitrogens with zero attached hydrogens (tertiary/aromatic N) is 1. The molecule has 0 atom stereocenters. The molecule has 3 aromatic rings. The molecule has 1 aromatic heterocycles. The average Bonchev–Trinajstić information content (AvgIpc) is 3.32. The number of para-hydroxylation sites is 2. The Bertz CT molecular complexity index is 1160. The first-order chi connectivity index (χ1) is 14.5. The minimum atomic E-state index is -0.426. The van der Waals surface area contributed by atoms with Crippen LogP contribution in [0.25, 0.3) is 5.57 Å². The van der Waals surface area contributed by atoms with Gasteiger partial charge in [0, 0.05) is 15.6 Å². The molecule has 2 aromatic carbocycles. The van der Waals surface area contributed by atoms with E-state index < -0.39 is 5.91 Å². The van der Waals surface area contributed by atoms with Crippen LogP contribution < -0.4 is 15.0 Å². The van der Waals surface area contributed by atoms with Gasteiger partial charge in [0.25, 0.3) is 11.8 Å². The molecule has 0 bridgehead atoms. The minimum Gasteiger partial charge on any atom is -0.492 e. The smallest absolute Gasteiger partial charge is 0.282 e. The van der Waals surface area contributed by atoms with Gasteiger partial charge in [0.15, 0.2) is 0 Å². The number of amides is 2. The Labute approximate surface area is 183 Å². The monoisotopic (exact) mass is 438 g/mol. The van der Waals surface area contributed by atoms with E-state index in [9.17, 15) is 9.59 Å². The van der Waals surface area contributed by atoms with Crippen LogP contribution in [0.5, 0.6) is 5.75 Å². The standard InChI is InChI=1S/C23H19ClN2O3S/c1-3-29-18-8-5-4-7-17(18)26-22(27)20(19-9-6-12-30-19)21(23(26)28)25-16-11-10-15(24)13-14(16)2/h4-13,25H,3H2,1-2H3. The summed E-state index contributed by atoms with van der Waals surface area (Å²) < 4.78 is 5.66. The second-order valence-electron chi connectivity index (χ2n) is 6.66. The van der Waals surface area contributed by atoms with Crippen molar-refractivity contribution in [1.82, 2.24) is 0 Å². The number of carbonyl (C=O) groups excluding carboxylic acids is 2. The maximum atomic E-state index is 13.5. The normalized spacial score (nSPS) is 13.9. The Kier molecular flexibility index (Phi) is 5.61. The molecule has 1 aliphatic heterocycles. The third kappa shape index (κ3) is 3.60. The van der Waals surface area contributed by atoms with Gasteiger partial charge >= 0.3 is 0 Å². The summed E-state index contributed by atoms with van der Waals surface area (Å²) in [4.78, 5) is 28.8. The van der Waals surface area contributed by atoms with Crippen LogP contribution in [0, 0.1) is 6.92 Å². The molecule has 30 heavy (non-hydrogen) atoms. The zero-order chi connectivity index (χ0) is 21.3. The van der Waals surface area contributed by atoms with Gasteiger partial charge in [-0.1, -0.05) is 29.8 Å². The fourth-order valence-electron chi connectivity index (χ4n) is 3.34. The number of ether oxygens (including phenoxy) is 1. The minimum absolute atomic E-state index is 0.235. The van der Waals surface area contributed by atoms with E-state index in [1.807, 2.05) is 37.4 Å². The van der Waals surface area contributed by atoms with Crippen LogP contribution >= 0.6 is 22.9 Å². The number of anilines is 2. The molecule has 1 aliphatic rings. The molecule has 4 rings (SSSR count). The van der Waals surface area contributed by atoms with Crippen LogP contribution in [0.15, 0.2) is 65.7 Å². The number of aryl methyl sites for hydroxylation is 1. The molecule has 0 unspecified atom stereocenters. The number of halogens is 1. The van der Waals surface area contributed by atoms with Crippen LogP contribution in [-0.2, 0) is 9.59 Å². The van der Waals surface area contributed by atoms with Crippen LogP contribution in [0.3, 0.4) is 0 Å². The summed E-state index contributed by atoms with van der Waals surface area (Å²) in [6.07, 6.45) is 0. The summed E-state index contributed by atoms with van der Waals surface area (Å²) in [6, 6.07) is 16.1. The predicted molar refractivity (Wildman–Crippen MR) is 121 cm³/mol. The van der Waals surface area contributed by atoms with E-state index in [4.69, 9.17) is 16.3 Å². The molecule has 0 radical (unpaired) electrons. The second-order valence-corrected chi connectivity index (χ2v) is 8.04. The molecule has 0 fully saturated rings. The van der Waals surface area contributed by atoms with Crippen LogP contribution in [-0.4, -0.2) is 18.4 Å². The van der Waals surface area contributed by atoms with Gasteiger partial charge in [0.2, 0.25) is 0 Å².